The minimum atomic E-state index is -0.0798. The van der Waals surface area contributed by atoms with Gasteiger partial charge in [-0.15, -0.1) is 0 Å². The third-order valence-corrected chi connectivity index (χ3v) is 3.06. The molecule has 0 fully saturated rings. The summed E-state index contributed by atoms with van der Waals surface area (Å²) in [5.74, 6) is 0.998. The van der Waals surface area contributed by atoms with Gasteiger partial charge in [0, 0.05) is 25.9 Å². The van der Waals surface area contributed by atoms with Crippen LogP contribution in [0.25, 0.3) is 0 Å². The predicted octanol–water partition coefficient (Wildman–Crippen LogP) is 1.98. The number of carbonyl (C=O) groups excluding carboxylic acids is 1. The molecule has 0 saturated heterocycles. The van der Waals surface area contributed by atoms with Crippen molar-refractivity contribution in [2.75, 3.05) is 20.2 Å². The number of esters is 1. The van der Waals surface area contributed by atoms with E-state index in [4.69, 9.17) is 4.74 Å². The molecule has 1 aromatic rings. The van der Waals surface area contributed by atoms with Crippen LogP contribution in [0.5, 0.6) is 0 Å². The molecule has 0 aliphatic rings. The highest BCUT2D eigenvalue weighted by atomic mass is 16.5. The molecule has 0 saturated carbocycles. The van der Waals surface area contributed by atoms with Crippen LogP contribution in [0, 0.1) is 0 Å². The van der Waals surface area contributed by atoms with Gasteiger partial charge < -0.3 is 9.30 Å². The van der Waals surface area contributed by atoms with E-state index in [-0.39, 0.29) is 5.97 Å². The second-order valence-corrected chi connectivity index (χ2v) is 4.81. The van der Waals surface area contributed by atoms with Gasteiger partial charge in [0.05, 0.1) is 13.2 Å². The van der Waals surface area contributed by atoms with Crippen molar-refractivity contribution in [3.05, 3.63) is 18.2 Å². The summed E-state index contributed by atoms with van der Waals surface area (Å²) in [5.41, 5.74) is 0. The second-order valence-electron chi connectivity index (χ2n) is 4.81. The van der Waals surface area contributed by atoms with Crippen molar-refractivity contribution >= 4 is 5.97 Å². The quantitative estimate of drug-likeness (QED) is 0.507. The number of rotatable bonds is 9. The first kappa shape index (κ1) is 15.7. The number of carbonyl (C=O) groups is 1. The lowest BCUT2D eigenvalue weighted by atomic mass is 10.2. The number of hydrogen-bond acceptors (Lipinski definition) is 4. The van der Waals surface area contributed by atoms with Crippen molar-refractivity contribution < 1.29 is 9.53 Å². The largest absolute Gasteiger partial charge is 0.466 e. The minimum absolute atomic E-state index is 0.0798. The van der Waals surface area contributed by atoms with Gasteiger partial charge in [0.15, 0.2) is 0 Å². The Labute approximate surface area is 115 Å². The summed E-state index contributed by atoms with van der Waals surface area (Å²) in [5, 5.41) is 0. The predicted molar refractivity (Wildman–Crippen MR) is 74.6 cm³/mol. The zero-order valence-electron chi connectivity index (χ0n) is 12.3. The summed E-state index contributed by atoms with van der Waals surface area (Å²) in [7, 11) is 4.11. The normalized spacial score (nSPS) is 10.9. The van der Waals surface area contributed by atoms with E-state index < -0.39 is 0 Å². The zero-order chi connectivity index (χ0) is 14.1. The van der Waals surface area contributed by atoms with Gasteiger partial charge in [-0.1, -0.05) is 6.42 Å². The molecule has 0 radical (unpaired) electrons. The van der Waals surface area contributed by atoms with Crippen LogP contribution in [0.4, 0.5) is 0 Å². The lowest BCUT2D eigenvalue weighted by molar-refractivity contribution is -0.143. The van der Waals surface area contributed by atoms with Gasteiger partial charge in [-0.05, 0) is 33.4 Å². The molecular formula is C14H25N3O2. The van der Waals surface area contributed by atoms with Crippen LogP contribution in [0.2, 0.25) is 0 Å². The Morgan fingerprint density at radius 1 is 1.42 bits per heavy atom. The molecule has 108 valence electrons. The molecule has 0 aliphatic heterocycles. The molecule has 0 atom stereocenters. The van der Waals surface area contributed by atoms with E-state index in [0.29, 0.717) is 13.0 Å². The maximum atomic E-state index is 11.1. The van der Waals surface area contributed by atoms with Crippen LogP contribution in [0.3, 0.4) is 0 Å². The minimum Gasteiger partial charge on any atom is -0.466 e. The molecule has 5 nitrogen and oxygen atoms in total. The van der Waals surface area contributed by atoms with Crippen molar-refractivity contribution in [2.24, 2.45) is 7.05 Å². The molecule has 0 bridgehead atoms. The molecule has 0 amide bonds. The van der Waals surface area contributed by atoms with E-state index in [9.17, 15) is 4.79 Å². The molecule has 1 heterocycles. The number of unbranched alkanes of at least 4 members (excludes halogenated alkanes) is 2. The Morgan fingerprint density at radius 2 is 2.21 bits per heavy atom. The number of aromatic nitrogens is 2. The van der Waals surface area contributed by atoms with Crippen molar-refractivity contribution in [1.29, 1.82) is 0 Å². The van der Waals surface area contributed by atoms with E-state index in [1.54, 1.807) is 0 Å². The van der Waals surface area contributed by atoms with Crippen molar-refractivity contribution in [3.63, 3.8) is 0 Å². The van der Waals surface area contributed by atoms with Gasteiger partial charge in [0.2, 0.25) is 0 Å². The van der Waals surface area contributed by atoms with Gasteiger partial charge in [0.1, 0.15) is 5.82 Å². The topological polar surface area (TPSA) is 47.4 Å². The summed E-state index contributed by atoms with van der Waals surface area (Å²) >= 11 is 0. The van der Waals surface area contributed by atoms with Crippen LogP contribution in [0.15, 0.2) is 12.4 Å². The molecule has 1 rings (SSSR count). The van der Waals surface area contributed by atoms with Crippen LogP contribution in [0.1, 0.15) is 38.4 Å². The van der Waals surface area contributed by atoms with Crippen LogP contribution in [-0.4, -0.2) is 40.6 Å². The molecule has 0 unspecified atom stereocenters. The average Bonchev–Trinajstić information content (AvgIpc) is 2.75. The molecule has 0 spiro atoms. The summed E-state index contributed by atoms with van der Waals surface area (Å²) in [6.07, 6.45) is 7.39. The van der Waals surface area contributed by atoms with Gasteiger partial charge >= 0.3 is 5.97 Å². The monoisotopic (exact) mass is 267 g/mol. The summed E-state index contributed by atoms with van der Waals surface area (Å²) in [6.45, 7) is 4.20. The standard InChI is InChI=1S/C14H25N3O2/c1-4-19-14(18)8-6-5-7-10-16(2)12-13-15-9-11-17(13)3/h9,11H,4-8,10,12H2,1-3H3. The van der Waals surface area contributed by atoms with Crippen LogP contribution in [-0.2, 0) is 23.1 Å². The zero-order valence-corrected chi connectivity index (χ0v) is 12.3. The van der Waals surface area contributed by atoms with E-state index >= 15 is 0 Å². The van der Waals surface area contributed by atoms with Gasteiger partial charge in [-0.2, -0.15) is 0 Å². The first-order valence-corrected chi connectivity index (χ1v) is 6.93. The fourth-order valence-corrected chi connectivity index (χ4v) is 1.93. The molecule has 1 aromatic heterocycles. The Balaban J connectivity index is 2.06. The summed E-state index contributed by atoms with van der Waals surface area (Å²) < 4.78 is 6.93. The van der Waals surface area contributed by atoms with Crippen molar-refractivity contribution in [3.8, 4) is 0 Å². The number of nitrogens with zero attached hydrogens (tertiary/aromatic N) is 3. The number of ether oxygens (including phenoxy) is 1. The van der Waals surface area contributed by atoms with Gasteiger partial charge in [0.25, 0.3) is 0 Å². The van der Waals surface area contributed by atoms with E-state index in [2.05, 4.69) is 16.9 Å². The van der Waals surface area contributed by atoms with E-state index in [1.165, 1.54) is 0 Å². The molecular weight excluding hydrogens is 242 g/mol. The SMILES string of the molecule is CCOC(=O)CCCCCN(C)Cc1nccn1C. The maximum absolute atomic E-state index is 11.1. The average molecular weight is 267 g/mol. The van der Waals surface area contributed by atoms with Crippen LogP contribution >= 0.6 is 0 Å². The van der Waals surface area contributed by atoms with Gasteiger partial charge in [-0.25, -0.2) is 4.98 Å². The first-order chi connectivity index (χ1) is 9.13. The molecule has 0 aromatic carbocycles. The van der Waals surface area contributed by atoms with E-state index in [0.717, 1.165) is 38.2 Å². The number of hydrogen-bond donors (Lipinski definition) is 0. The Bertz CT molecular complexity index is 377. The molecule has 0 aliphatic carbocycles. The number of aryl methyl sites for hydroxylation is 1. The molecule has 0 N–H and O–H groups in total. The third kappa shape index (κ3) is 6.38. The van der Waals surface area contributed by atoms with Gasteiger partial charge in [-0.3, -0.25) is 9.69 Å². The van der Waals surface area contributed by atoms with Crippen molar-refractivity contribution in [1.82, 2.24) is 14.5 Å². The lowest BCUT2D eigenvalue weighted by Crippen LogP contribution is -2.21. The number of imidazole rings is 1. The molecule has 5 heteroatoms. The Kier molecular flexibility index (Phi) is 7.18. The first-order valence-electron chi connectivity index (χ1n) is 6.93. The Morgan fingerprint density at radius 3 is 2.84 bits per heavy atom. The van der Waals surface area contributed by atoms with E-state index in [1.807, 2.05) is 30.9 Å². The second kappa shape index (κ2) is 8.69. The highest BCUT2D eigenvalue weighted by molar-refractivity contribution is 5.69. The smallest absolute Gasteiger partial charge is 0.305 e. The fraction of sp³-hybridized carbons (Fsp3) is 0.714. The fourth-order valence-electron chi connectivity index (χ4n) is 1.93. The van der Waals surface area contributed by atoms with Crippen LogP contribution < -0.4 is 0 Å². The lowest BCUT2D eigenvalue weighted by Gasteiger charge is -2.15. The summed E-state index contributed by atoms with van der Waals surface area (Å²) in [4.78, 5) is 17.7. The highest BCUT2D eigenvalue weighted by Gasteiger charge is 2.05. The summed E-state index contributed by atoms with van der Waals surface area (Å²) in [6, 6.07) is 0. The maximum Gasteiger partial charge on any atom is 0.305 e. The van der Waals surface area contributed by atoms with Crippen molar-refractivity contribution in [2.45, 2.75) is 39.2 Å². The molecule has 19 heavy (non-hydrogen) atoms. The highest BCUT2D eigenvalue weighted by Crippen LogP contribution is 2.05. The third-order valence-electron chi connectivity index (χ3n) is 3.06. The Hall–Kier alpha value is -1.36.